The Kier molecular flexibility index (Phi) is 5.73. The van der Waals surface area contributed by atoms with E-state index in [-0.39, 0.29) is 16.8 Å². The molecule has 1 aliphatic heterocycles. The third-order valence-corrected chi connectivity index (χ3v) is 7.50. The number of nitrogens with zero attached hydrogens (tertiary/aromatic N) is 1. The van der Waals surface area contributed by atoms with Gasteiger partial charge in [-0.1, -0.05) is 30.0 Å². The SMILES string of the molecule is Cc1cc(-c2cncc3cc(C=C4SC(=S)NC4=O)oc23)ccc1S(=O)(=O)NC(C)C. The Hall–Kier alpha value is -2.53. The van der Waals surface area contributed by atoms with Crippen LogP contribution in [0.25, 0.3) is 28.2 Å². The molecule has 4 rings (SSSR count). The van der Waals surface area contributed by atoms with E-state index in [0.29, 0.717) is 26.1 Å². The first kappa shape index (κ1) is 21.7. The van der Waals surface area contributed by atoms with Gasteiger partial charge in [0.05, 0.1) is 9.80 Å². The molecule has 1 fully saturated rings. The van der Waals surface area contributed by atoms with Gasteiger partial charge < -0.3 is 9.73 Å². The number of hydrogen-bond donors (Lipinski definition) is 2. The summed E-state index contributed by atoms with van der Waals surface area (Å²) in [5.41, 5.74) is 2.72. The maximum atomic E-state index is 12.5. The summed E-state index contributed by atoms with van der Waals surface area (Å²) in [4.78, 5) is 16.9. The minimum absolute atomic E-state index is 0.202. The number of aromatic nitrogens is 1. The van der Waals surface area contributed by atoms with E-state index < -0.39 is 10.0 Å². The maximum absolute atomic E-state index is 12.5. The lowest BCUT2D eigenvalue weighted by molar-refractivity contribution is -0.115. The molecule has 0 radical (unpaired) electrons. The second-order valence-corrected chi connectivity index (χ2v) is 10.8. The van der Waals surface area contributed by atoms with Crippen molar-refractivity contribution in [2.24, 2.45) is 0 Å². The molecule has 2 aromatic heterocycles. The predicted octanol–water partition coefficient (Wildman–Crippen LogP) is 3.98. The van der Waals surface area contributed by atoms with Crippen molar-refractivity contribution in [2.45, 2.75) is 31.7 Å². The van der Waals surface area contributed by atoms with Crippen molar-refractivity contribution in [1.29, 1.82) is 0 Å². The lowest BCUT2D eigenvalue weighted by Crippen LogP contribution is -2.30. The molecule has 160 valence electrons. The molecule has 0 aliphatic carbocycles. The van der Waals surface area contributed by atoms with Crippen LogP contribution in [0.2, 0.25) is 0 Å². The molecule has 1 amide bonds. The number of nitrogens with one attached hydrogen (secondary N) is 2. The summed E-state index contributed by atoms with van der Waals surface area (Å²) in [5, 5.41) is 3.34. The van der Waals surface area contributed by atoms with E-state index in [0.717, 1.165) is 16.5 Å². The lowest BCUT2D eigenvalue weighted by atomic mass is 10.0. The van der Waals surface area contributed by atoms with E-state index in [4.69, 9.17) is 16.6 Å². The second-order valence-electron chi connectivity index (χ2n) is 7.36. The van der Waals surface area contributed by atoms with Crippen LogP contribution in [0.5, 0.6) is 0 Å². The third-order valence-electron chi connectivity index (χ3n) is 4.52. The zero-order valence-electron chi connectivity index (χ0n) is 16.9. The number of hydrogen-bond acceptors (Lipinski definition) is 7. The molecule has 3 heterocycles. The molecule has 0 bridgehead atoms. The monoisotopic (exact) mass is 473 g/mol. The fourth-order valence-electron chi connectivity index (χ4n) is 3.30. The summed E-state index contributed by atoms with van der Waals surface area (Å²) in [6.45, 7) is 5.31. The molecule has 1 aromatic carbocycles. The molecule has 3 aromatic rings. The minimum atomic E-state index is -3.60. The molecule has 0 saturated carbocycles. The van der Waals surface area contributed by atoms with Crippen LogP contribution in [0, 0.1) is 6.92 Å². The first-order valence-corrected chi connectivity index (χ1v) is 12.1. The van der Waals surface area contributed by atoms with E-state index >= 15 is 0 Å². The highest BCUT2D eigenvalue weighted by atomic mass is 32.2. The van der Waals surface area contributed by atoms with Gasteiger partial charge in [-0.05, 0) is 50.1 Å². The van der Waals surface area contributed by atoms with Crippen molar-refractivity contribution in [3.05, 3.63) is 52.9 Å². The van der Waals surface area contributed by atoms with Crippen molar-refractivity contribution in [1.82, 2.24) is 15.0 Å². The van der Waals surface area contributed by atoms with E-state index in [1.807, 2.05) is 0 Å². The number of rotatable bonds is 5. The second kappa shape index (κ2) is 8.19. The number of thioether (sulfide) groups is 1. The van der Waals surface area contributed by atoms with Gasteiger partial charge in [-0.15, -0.1) is 0 Å². The van der Waals surface area contributed by atoms with Crippen LogP contribution in [-0.2, 0) is 14.8 Å². The van der Waals surface area contributed by atoms with E-state index in [1.54, 1.807) is 63.5 Å². The number of pyridine rings is 1. The zero-order chi connectivity index (χ0) is 22.3. The topological polar surface area (TPSA) is 101 Å². The fraction of sp³-hybridized carbons (Fsp3) is 0.190. The van der Waals surface area contributed by atoms with Crippen LogP contribution < -0.4 is 10.0 Å². The number of amides is 1. The van der Waals surface area contributed by atoms with Crippen molar-refractivity contribution in [3.63, 3.8) is 0 Å². The van der Waals surface area contributed by atoms with Gasteiger partial charge >= 0.3 is 0 Å². The number of fused-ring (bicyclic) bond motifs is 1. The normalized spacial score (nSPS) is 15.9. The molecular weight excluding hydrogens is 454 g/mol. The molecule has 0 atom stereocenters. The van der Waals surface area contributed by atoms with Crippen LogP contribution >= 0.6 is 24.0 Å². The zero-order valence-corrected chi connectivity index (χ0v) is 19.4. The van der Waals surface area contributed by atoms with Crippen LogP contribution in [0.15, 0.2) is 50.9 Å². The molecule has 31 heavy (non-hydrogen) atoms. The Balaban J connectivity index is 1.74. The Labute approximate surface area is 189 Å². The van der Waals surface area contributed by atoms with E-state index in [9.17, 15) is 13.2 Å². The number of carbonyl (C=O) groups excluding carboxylic acids is 1. The molecule has 10 heteroatoms. The Morgan fingerprint density at radius 1 is 1.26 bits per heavy atom. The molecule has 1 saturated heterocycles. The average Bonchev–Trinajstić information content (AvgIpc) is 3.22. The Bertz CT molecular complexity index is 1360. The van der Waals surface area contributed by atoms with Crippen LogP contribution in [0.1, 0.15) is 25.2 Å². The maximum Gasteiger partial charge on any atom is 0.263 e. The summed E-state index contributed by atoms with van der Waals surface area (Å²) in [7, 11) is -3.60. The van der Waals surface area contributed by atoms with Gasteiger partial charge in [-0.3, -0.25) is 9.78 Å². The molecular formula is C21H19N3O4S3. The quantitative estimate of drug-likeness (QED) is 0.427. The van der Waals surface area contributed by atoms with Crippen molar-refractivity contribution in [2.75, 3.05) is 0 Å². The van der Waals surface area contributed by atoms with Gasteiger partial charge in [0, 0.05) is 35.5 Å². The standard InChI is InChI=1S/C21H19N3O4S3/c1-11(2)24-31(26,27)18-5-4-13(6-12(18)3)16-10-22-9-14-7-15(28-19(14)16)8-17-20(25)23-21(29)30-17/h4-11,24H,1-3H3,(H,23,25,29). The summed E-state index contributed by atoms with van der Waals surface area (Å²) >= 11 is 6.19. The number of thiocarbonyl (C=S) groups is 1. The first-order valence-electron chi connectivity index (χ1n) is 9.40. The molecule has 0 unspecified atom stereocenters. The van der Waals surface area contributed by atoms with Gasteiger partial charge in [-0.25, -0.2) is 13.1 Å². The third kappa shape index (κ3) is 4.42. The summed E-state index contributed by atoms with van der Waals surface area (Å²) in [6.07, 6.45) is 4.99. The summed E-state index contributed by atoms with van der Waals surface area (Å²) in [6, 6.07) is 6.71. The van der Waals surface area contributed by atoms with Crippen LogP contribution in [0.4, 0.5) is 0 Å². The lowest BCUT2D eigenvalue weighted by Gasteiger charge is -2.13. The van der Waals surface area contributed by atoms with Crippen molar-refractivity contribution >= 4 is 61.3 Å². The van der Waals surface area contributed by atoms with Gasteiger partial charge in [-0.2, -0.15) is 0 Å². The van der Waals surface area contributed by atoms with Gasteiger partial charge in [0.2, 0.25) is 10.0 Å². The number of carbonyl (C=O) groups is 1. The number of benzene rings is 1. The first-order chi connectivity index (χ1) is 14.6. The average molecular weight is 474 g/mol. The van der Waals surface area contributed by atoms with Crippen molar-refractivity contribution < 1.29 is 17.6 Å². The van der Waals surface area contributed by atoms with Crippen LogP contribution in [-0.4, -0.2) is 29.7 Å². The highest BCUT2D eigenvalue weighted by molar-refractivity contribution is 8.26. The van der Waals surface area contributed by atoms with Gasteiger partial charge in [0.15, 0.2) is 0 Å². The van der Waals surface area contributed by atoms with Crippen LogP contribution in [0.3, 0.4) is 0 Å². The summed E-state index contributed by atoms with van der Waals surface area (Å²) in [5.74, 6) is 0.250. The summed E-state index contributed by atoms with van der Waals surface area (Å²) < 4.78 is 34.1. The molecule has 0 spiro atoms. The van der Waals surface area contributed by atoms with E-state index in [1.165, 1.54) is 11.8 Å². The highest BCUT2D eigenvalue weighted by Gasteiger charge is 2.23. The molecule has 1 aliphatic rings. The van der Waals surface area contributed by atoms with E-state index in [2.05, 4.69) is 15.0 Å². The smallest absolute Gasteiger partial charge is 0.263 e. The molecule has 7 nitrogen and oxygen atoms in total. The number of aryl methyl sites for hydroxylation is 1. The minimum Gasteiger partial charge on any atom is -0.456 e. The predicted molar refractivity (Wildman–Crippen MR) is 126 cm³/mol. The Morgan fingerprint density at radius 2 is 2.03 bits per heavy atom. The fourth-order valence-corrected chi connectivity index (χ4v) is 5.80. The number of furan rings is 1. The number of sulfonamides is 1. The highest BCUT2D eigenvalue weighted by Crippen LogP contribution is 2.34. The largest absolute Gasteiger partial charge is 0.456 e. The molecule has 2 N–H and O–H groups in total. The van der Waals surface area contributed by atoms with Gasteiger partial charge in [0.1, 0.15) is 15.7 Å². The Morgan fingerprint density at radius 3 is 2.68 bits per heavy atom. The van der Waals surface area contributed by atoms with Crippen molar-refractivity contribution in [3.8, 4) is 11.1 Å². The van der Waals surface area contributed by atoms with Gasteiger partial charge in [0.25, 0.3) is 5.91 Å².